The molecule has 0 atom stereocenters. The molecule has 1 aromatic heterocycles. The van der Waals surface area contributed by atoms with Crippen LogP contribution in [0.15, 0.2) is 12.3 Å². The Labute approximate surface area is 71.4 Å². The van der Waals surface area contributed by atoms with E-state index >= 15 is 0 Å². The first-order valence-electron chi connectivity index (χ1n) is 4.27. The van der Waals surface area contributed by atoms with Crippen LogP contribution in [0.4, 0.5) is 0 Å². The molecule has 1 aliphatic carbocycles. The molecule has 12 heavy (non-hydrogen) atoms. The predicted molar refractivity (Wildman–Crippen MR) is 46.5 cm³/mol. The van der Waals surface area contributed by atoms with Crippen molar-refractivity contribution >= 4 is 5.76 Å². The number of nitrogens with zero attached hydrogens (tertiary/aromatic N) is 1. The lowest BCUT2D eigenvalue weighted by atomic mass is 10.0. The summed E-state index contributed by atoms with van der Waals surface area (Å²) in [5, 5.41) is 6.94. The number of fused-ring (bicyclic) bond motifs is 1. The number of aromatic nitrogens is 2. The van der Waals surface area contributed by atoms with Crippen LogP contribution in [0.1, 0.15) is 24.6 Å². The van der Waals surface area contributed by atoms with Crippen LogP contribution < -0.4 is 0 Å². The summed E-state index contributed by atoms with van der Waals surface area (Å²) in [6.07, 6.45) is 6.12. The fourth-order valence-electron chi connectivity index (χ4n) is 1.46. The van der Waals surface area contributed by atoms with Gasteiger partial charge in [0.2, 0.25) is 0 Å². The lowest BCUT2D eigenvalue weighted by Crippen LogP contribution is -2.01. The Balaban J connectivity index is 2.30. The Morgan fingerprint density at radius 2 is 2.58 bits per heavy atom. The first-order chi connectivity index (χ1) is 5.92. The van der Waals surface area contributed by atoms with Crippen LogP contribution in [0.3, 0.4) is 0 Å². The first kappa shape index (κ1) is 7.40. The highest BCUT2D eigenvalue weighted by Gasteiger charge is 2.14. The number of ether oxygens (including phenoxy) is 1. The molecule has 0 spiro atoms. The molecule has 3 nitrogen and oxygen atoms in total. The summed E-state index contributed by atoms with van der Waals surface area (Å²) in [5.41, 5.74) is 2.32. The van der Waals surface area contributed by atoms with Gasteiger partial charge in [0.05, 0.1) is 12.8 Å². The number of hydrogen-bond donors (Lipinski definition) is 1. The number of nitrogens with one attached hydrogen (secondary N) is 1. The van der Waals surface area contributed by atoms with E-state index in [2.05, 4.69) is 16.3 Å². The molecule has 0 saturated heterocycles. The molecular formula is C9H12N2O. The van der Waals surface area contributed by atoms with Gasteiger partial charge in [0, 0.05) is 5.56 Å². The minimum atomic E-state index is 0.713. The van der Waals surface area contributed by atoms with Gasteiger partial charge < -0.3 is 4.74 Å². The number of aryl methyl sites for hydroxylation is 1. The Bertz CT molecular complexity index is 301. The summed E-state index contributed by atoms with van der Waals surface area (Å²) in [7, 11) is 0. The number of H-pyrrole nitrogens is 1. The highest BCUT2D eigenvalue weighted by Crippen LogP contribution is 2.24. The monoisotopic (exact) mass is 164 g/mol. The fraction of sp³-hybridized carbons (Fsp3) is 0.444. The van der Waals surface area contributed by atoms with Gasteiger partial charge in [0.25, 0.3) is 0 Å². The van der Waals surface area contributed by atoms with Crippen LogP contribution in [0.5, 0.6) is 0 Å². The smallest absolute Gasteiger partial charge is 0.140 e. The molecule has 1 aliphatic rings. The molecule has 2 rings (SSSR count). The van der Waals surface area contributed by atoms with Gasteiger partial charge in [0.15, 0.2) is 0 Å². The van der Waals surface area contributed by atoms with Crippen molar-refractivity contribution in [2.75, 3.05) is 6.61 Å². The SMILES string of the molecule is CCOC1=CCCc2cn[nH]c21. The van der Waals surface area contributed by atoms with E-state index in [-0.39, 0.29) is 0 Å². The van der Waals surface area contributed by atoms with Gasteiger partial charge in [-0.05, 0) is 25.8 Å². The van der Waals surface area contributed by atoms with Gasteiger partial charge in [-0.15, -0.1) is 0 Å². The molecule has 0 aliphatic heterocycles. The van der Waals surface area contributed by atoms with E-state index in [4.69, 9.17) is 4.74 Å². The second-order valence-electron chi connectivity index (χ2n) is 2.81. The zero-order valence-electron chi connectivity index (χ0n) is 7.13. The predicted octanol–water partition coefficient (Wildman–Crippen LogP) is 1.73. The molecule has 0 fully saturated rings. The topological polar surface area (TPSA) is 37.9 Å². The molecule has 0 unspecified atom stereocenters. The van der Waals surface area contributed by atoms with Crippen molar-refractivity contribution < 1.29 is 4.74 Å². The first-order valence-corrected chi connectivity index (χ1v) is 4.27. The Morgan fingerprint density at radius 1 is 1.67 bits per heavy atom. The third-order valence-corrected chi connectivity index (χ3v) is 2.01. The van der Waals surface area contributed by atoms with Gasteiger partial charge in [-0.3, -0.25) is 5.10 Å². The molecular weight excluding hydrogens is 152 g/mol. The van der Waals surface area contributed by atoms with Crippen molar-refractivity contribution in [2.24, 2.45) is 0 Å². The third-order valence-electron chi connectivity index (χ3n) is 2.01. The van der Waals surface area contributed by atoms with E-state index < -0.39 is 0 Å². The molecule has 0 radical (unpaired) electrons. The molecule has 0 bridgehead atoms. The van der Waals surface area contributed by atoms with E-state index in [1.54, 1.807) is 0 Å². The molecule has 3 heteroatoms. The van der Waals surface area contributed by atoms with Crippen LogP contribution in [0.2, 0.25) is 0 Å². The standard InChI is InChI=1S/C9H12N2O/c1-2-12-8-5-3-4-7-6-10-11-9(7)8/h5-6H,2-4H2,1H3,(H,10,11). The lowest BCUT2D eigenvalue weighted by Gasteiger charge is -2.12. The quantitative estimate of drug-likeness (QED) is 0.722. The lowest BCUT2D eigenvalue weighted by molar-refractivity contribution is 0.294. The van der Waals surface area contributed by atoms with E-state index in [9.17, 15) is 0 Å². The number of allylic oxidation sites excluding steroid dienone is 1. The summed E-state index contributed by atoms with van der Waals surface area (Å²) in [4.78, 5) is 0. The second kappa shape index (κ2) is 3.01. The molecule has 1 N–H and O–H groups in total. The van der Waals surface area contributed by atoms with Gasteiger partial charge >= 0.3 is 0 Å². The van der Waals surface area contributed by atoms with Crippen LogP contribution in [0.25, 0.3) is 5.76 Å². The average molecular weight is 164 g/mol. The van der Waals surface area contributed by atoms with Gasteiger partial charge in [-0.1, -0.05) is 0 Å². The zero-order valence-corrected chi connectivity index (χ0v) is 7.13. The van der Waals surface area contributed by atoms with E-state index in [1.165, 1.54) is 5.56 Å². The minimum absolute atomic E-state index is 0.713. The van der Waals surface area contributed by atoms with Crippen molar-refractivity contribution in [3.8, 4) is 0 Å². The van der Waals surface area contributed by atoms with Gasteiger partial charge in [0.1, 0.15) is 11.5 Å². The zero-order chi connectivity index (χ0) is 8.39. The van der Waals surface area contributed by atoms with Crippen molar-refractivity contribution in [2.45, 2.75) is 19.8 Å². The van der Waals surface area contributed by atoms with Crippen LogP contribution in [0, 0.1) is 0 Å². The molecule has 1 heterocycles. The van der Waals surface area contributed by atoms with Crippen molar-refractivity contribution in [1.82, 2.24) is 10.2 Å². The highest BCUT2D eigenvalue weighted by molar-refractivity contribution is 5.61. The molecule has 0 aromatic carbocycles. The van der Waals surface area contributed by atoms with Crippen LogP contribution in [-0.4, -0.2) is 16.8 Å². The van der Waals surface area contributed by atoms with E-state index in [0.717, 1.165) is 24.3 Å². The van der Waals surface area contributed by atoms with Crippen molar-refractivity contribution in [1.29, 1.82) is 0 Å². The number of aromatic amines is 1. The fourth-order valence-corrected chi connectivity index (χ4v) is 1.46. The Morgan fingerprint density at radius 3 is 3.42 bits per heavy atom. The highest BCUT2D eigenvalue weighted by atomic mass is 16.5. The molecule has 64 valence electrons. The molecule has 0 saturated carbocycles. The summed E-state index contributed by atoms with van der Waals surface area (Å²) < 4.78 is 5.46. The summed E-state index contributed by atoms with van der Waals surface area (Å²) in [6.45, 7) is 2.70. The summed E-state index contributed by atoms with van der Waals surface area (Å²) in [5.74, 6) is 0.955. The van der Waals surface area contributed by atoms with Gasteiger partial charge in [-0.2, -0.15) is 5.10 Å². The summed E-state index contributed by atoms with van der Waals surface area (Å²) in [6, 6.07) is 0. The molecule has 1 aromatic rings. The summed E-state index contributed by atoms with van der Waals surface area (Å²) >= 11 is 0. The largest absolute Gasteiger partial charge is 0.492 e. The average Bonchev–Trinajstić information content (AvgIpc) is 2.53. The van der Waals surface area contributed by atoms with Crippen LogP contribution in [-0.2, 0) is 11.2 Å². The number of hydrogen-bond acceptors (Lipinski definition) is 2. The maximum absolute atomic E-state index is 5.46. The van der Waals surface area contributed by atoms with Crippen LogP contribution >= 0.6 is 0 Å². The van der Waals surface area contributed by atoms with Crippen molar-refractivity contribution in [3.05, 3.63) is 23.5 Å². The van der Waals surface area contributed by atoms with E-state index in [0.29, 0.717) is 6.61 Å². The normalized spacial score (nSPS) is 15.2. The number of rotatable bonds is 2. The third kappa shape index (κ3) is 1.11. The molecule has 0 amide bonds. The Hall–Kier alpha value is -1.25. The maximum atomic E-state index is 5.46. The van der Waals surface area contributed by atoms with E-state index in [1.807, 2.05) is 13.1 Å². The Kier molecular flexibility index (Phi) is 1.86. The second-order valence-corrected chi connectivity index (χ2v) is 2.81. The minimum Gasteiger partial charge on any atom is -0.492 e. The van der Waals surface area contributed by atoms with Crippen molar-refractivity contribution in [3.63, 3.8) is 0 Å². The van der Waals surface area contributed by atoms with Gasteiger partial charge in [-0.25, -0.2) is 0 Å². The maximum Gasteiger partial charge on any atom is 0.140 e.